The van der Waals surface area contributed by atoms with Gasteiger partial charge in [0.25, 0.3) is 0 Å². The summed E-state index contributed by atoms with van der Waals surface area (Å²) in [5.41, 5.74) is 2.22. The van der Waals surface area contributed by atoms with Gasteiger partial charge in [0.2, 0.25) is 0 Å². The highest BCUT2D eigenvalue weighted by Gasteiger charge is 2.29. The first-order chi connectivity index (χ1) is 16.2. The fraction of sp³-hybridized carbons (Fsp3) is 0. The first-order valence-corrected chi connectivity index (χ1v) is 13.5. The summed E-state index contributed by atoms with van der Waals surface area (Å²) in [6, 6.07) is 43.1. The van der Waals surface area contributed by atoms with Crippen LogP contribution in [-0.4, -0.2) is 0 Å². The molecule has 0 N–H and O–H groups in total. The molecule has 0 aliphatic heterocycles. The standard InChI is InChI=1S/C30H21OPS/c31-32(24-11-3-1-4-12-24,25-13-5-2-6-14-25)26-15-9-10-22(20-26)23-18-19-30-28(21-23)27-16-7-8-17-29(27)33-30/h1-21H. The number of benzene rings is 5. The molecule has 6 rings (SSSR count). The minimum absolute atomic E-state index is 0.854. The van der Waals surface area contributed by atoms with E-state index in [1.807, 2.05) is 84.1 Å². The molecule has 0 saturated carbocycles. The summed E-state index contributed by atoms with van der Waals surface area (Å²) in [5, 5.41) is 5.12. The fourth-order valence-corrected chi connectivity index (χ4v) is 8.29. The predicted molar refractivity (Wildman–Crippen MR) is 144 cm³/mol. The molecule has 158 valence electrons. The van der Waals surface area contributed by atoms with E-state index in [2.05, 4.69) is 54.6 Å². The van der Waals surface area contributed by atoms with Gasteiger partial charge in [0.1, 0.15) is 0 Å². The highest BCUT2D eigenvalue weighted by Crippen LogP contribution is 2.43. The molecule has 5 aromatic carbocycles. The molecule has 1 nitrogen and oxygen atoms in total. The largest absolute Gasteiger partial charge is 0.309 e. The maximum atomic E-state index is 14.7. The summed E-state index contributed by atoms with van der Waals surface area (Å²) in [6.07, 6.45) is 0. The van der Waals surface area contributed by atoms with Crippen molar-refractivity contribution in [3.63, 3.8) is 0 Å². The Balaban J connectivity index is 1.54. The summed E-state index contributed by atoms with van der Waals surface area (Å²) in [5.74, 6) is 0. The Morgan fingerprint density at radius 1 is 0.455 bits per heavy atom. The van der Waals surface area contributed by atoms with Crippen molar-refractivity contribution in [2.45, 2.75) is 0 Å². The summed E-state index contributed by atoms with van der Waals surface area (Å²) < 4.78 is 17.3. The van der Waals surface area contributed by atoms with Crippen molar-refractivity contribution in [1.29, 1.82) is 0 Å². The van der Waals surface area contributed by atoms with Crippen LogP contribution >= 0.6 is 18.5 Å². The molecule has 0 atom stereocenters. The quantitative estimate of drug-likeness (QED) is 0.251. The molecule has 0 radical (unpaired) electrons. The first kappa shape index (κ1) is 20.2. The molecular weight excluding hydrogens is 439 g/mol. The Labute approximate surface area is 197 Å². The van der Waals surface area contributed by atoms with Crippen LogP contribution in [0.5, 0.6) is 0 Å². The van der Waals surface area contributed by atoms with Crippen molar-refractivity contribution in [2.24, 2.45) is 0 Å². The van der Waals surface area contributed by atoms with Gasteiger partial charge in [0, 0.05) is 36.1 Å². The average molecular weight is 461 g/mol. The molecule has 0 saturated heterocycles. The molecule has 0 aliphatic carbocycles. The molecule has 3 heteroatoms. The van der Waals surface area contributed by atoms with Gasteiger partial charge in [-0.2, -0.15) is 0 Å². The molecule has 33 heavy (non-hydrogen) atoms. The third-order valence-corrected chi connectivity index (χ3v) is 10.4. The number of rotatable bonds is 4. The van der Waals surface area contributed by atoms with E-state index >= 15 is 0 Å². The van der Waals surface area contributed by atoms with E-state index in [4.69, 9.17) is 0 Å². The lowest BCUT2D eigenvalue weighted by molar-refractivity contribution is 0.592. The minimum atomic E-state index is -3.00. The normalized spacial score (nSPS) is 11.8. The molecule has 6 aromatic rings. The molecule has 0 amide bonds. The van der Waals surface area contributed by atoms with Crippen LogP contribution in [0.3, 0.4) is 0 Å². The number of hydrogen-bond acceptors (Lipinski definition) is 2. The zero-order valence-electron chi connectivity index (χ0n) is 17.9. The van der Waals surface area contributed by atoms with Crippen LogP contribution in [0.25, 0.3) is 31.3 Å². The van der Waals surface area contributed by atoms with Gasteiger partial charge in [-0.15, -0.1) is 11.3 Å². The van der Waals surface area contributed by atoms with Gasteiger partial charge in [-0.3, -0.25) is 0 Å². The lowest BCUT2D eigenvalue weighted by atomic mass is 10.0. The van der Waals surface area contributed by atoms with E-state index in [-0.39, 0.29) is 0 Å². The van der Waals surface area contributed by atoms with E-state index in [1.54, 1.807) is 0 Å². The molecule has 1 aromatic heterocycles. The van der Waals surface area contributed by atoms with Crippen LogP contribution in [0.2, 0.25) is 0 Å². The van der Waals surface area contributed by atoms with Crippen molar-refractivity contribution in [3.05, 3.63) is 127 Å². The van der Waals surface area contributed by atoms with Crippen molar-refractivity contribution in [1.82, 2.24) is 0 Å². The maximum Gasteiger partial charge on any atom is 0.171 e. The second-order valence-corrected chi connectivity index (χ2v) is 12.0. The Kier molecular flexibility index (Phi) is 4.99. The highest BCUT2D eigenvalue weighted by atomic mass is 32.1. The Hall–Kier alpha value is -3.45. The number of hydrogen-bond donors (Lipinski definition) is 0. The van der Waals surface area contributed by atoms with Crippen LogP contribution in [-0.2, 0) is 4.57 Å². The van der Waals surface area contributed by atoms with E-state index in [0.29, 0.717) is 0 Å². The van der Waals surface area contributed by atoms with Crippen molar-refractivity contribution in [3.8, 4) is 11.1 Å². The van der Waals surface area contributed by atoms with Crippen molar-refractivity contribution in [2.75, 3.05) is 0 Å². The zero-order valence-corrected chi connectivity index (χ0v) is 19.6. The van der Waals surface area contributed by atoms with Crippen LogP contribution in [0.15, 0.2) is 127 Å². The molecule has 0 bridgehead atoms. The van der Waals surface area contributed by atoms with Crippen LogP contribution in [0.4, 0.5) is 0 Å². The first-order valence-electron chi connectivity index (χ1n) is 11.0. The topological polar surface area (TPSA) is 17.1 Å². The second-order valence-electron chi connectivity index (χ2n) is 8.14. The maximum absolute atomic E-state index is 14.7. The van der Waals surface area contributed by atoms with Gasteiger partial charge in [0.05, 0.1) is 0 Å². The molecule has 0 aliphatic rings. The lowest BCUT2D eigenvalue weighted by Crippen LogP contribution is -2.25. The highest BCUT2D eigenvalue weighted by molar-refractivity contribution is 7.85. The molecule has 1 heterocycles. The van der Waals surface area contributed by atoms with E-state index in [1.165, 1.54) is 20.2 Å². The van der Waals surface area contributed by atoms with E-state index < -0.39 is 7.14 Å². The summed E-state index contributed by atoms with van der Waals surface area (Å²) in [4.78, 5) is 0. The Morgan fingerprint density at radius 3 is 1.76 bits per heavy atom. The van der Waals surface area contributed by atoms with Gasteiger partial charge < -0.3 is 4.57 Å². The van der Waals surface area contributed by atoms with Crippen molar-refractivity contribution < 1.29 is 4.57 Å². The van der Waals surface area contributed by atoms with Gasteiger partial charge >= 0.3 is 0 Å². The van der Waals surface area contributed by atoms with Crippen molar-refractivity contribution >= 4 is 54.6 Å². The monoisotopic (exact) mass is 460 g/mol. The summed E-state index contributed by atoms with van der Waals surface area (Å²) in [7, 11) is -3.00. The van der Waals surface area contributed by atoms with Crippen LogP contribution in [0.1, 0.15) is 0 Å². The molecule has 0 unspecified atom stereocenters. The molecule has 0 spiro atoms. The SMILES string of the molecule is O=P(c1ccccc1)(c1ccccc1)c1cccc(-c2ccc3sc4ccccc4c3c2)c1. The number of fused-ring (bicyclic) bond motifs is 3. The van der Waals surface area contributed by atoms with E-state index in [9.17, 15) is 4.57 Å². The fourth-order valence-electron chi connectivity index (χ4n) is 4.51. The summed E-state index contributed by atoms with van der Waals surface area (Å²) in [6.45, 7) is 0. The van der Waals surface area contributed by atoms with Crippen LogP contribution in [0, 0.1) is 0 Å². The third kappa shape index (κ3) is 3.43. The van der Waals surface area contributed by atoms with Gasteiger partial charge in [-0.25, -0.2) is 0 Å². The smallest absolute Gasteiger partial charge is 0.171 e. The molecule has 0 fully saturated rings. The predicted octanol–water partition coefficient (Wildman–Crippen LogP) is 7.36. The zero-order chi connectivity index (χ0) is 22.3. The Morgan fingerprint density at radius 2 is 1.03 bits per heavy atom. The van der Waals surface area contributed by atoms with Gasteiger partial charge in [-0.1, -0.05) is 103 Å². The van der Waals surface area contributed by atoms with Gasteiger partial charge in [-0.05, 0) is 35.4 Å². The average Bonchev–Trinajstić information content (AvgIpc) is 3.27. The second kappa shape index (κ2) is 8.15. The summed E-state index contributed by atoms with van der Waals surface area (Å²) >= 11 is 1.82. The molecular formula is C30H21OPS. The minimum Gasteiger partial charge on any atom is -0.309 e. The Bertz CT molecular complexity index is 1590. The number of thiophene rings is 1. The van der Waals surface area contributed by atoms with Crippen LogP contribution < -0.4 is 15.9 Å². The third-order valence-electron chi connectivity index (χ3n) is 6.16. The lowest BCUT2D eigenvalue weighted by Gasteiger charge is -2.20. The van der Waals surface area contributed by atoms with Gasteiger partial charge in [0.15, 0.2) is 7.14 Å². The van der Waals surface area contributed by atoms with E-state index in [0.717, 1.165) is 27.0 Å².